The van der Waals surface area contributed by atoms with Gasteiger partial charge in [-0.25, -0.2) is 0 Å². The maximum atomic E-state index is 5.35. The summed E-state index contributed by atoms with van der Waals surface area (Å²) in [6, 6.07) is 10.6. The molecule has 0 radical (unpaired) electrons. The van der Waals surface area contributed by atoms with Gasteiger partial charge in [0, 0.05) is 6.61 Å². The van der Waals surface area contributed by atoms with E-state index in [-0.39, 0.29) is 0 Å². The van der Waals surface area contributed by atoms with E-state index in [1.807, 2.05) is 0 Å². The highest BCUT2D eigenvalue weighted by atomic mass is 16.5. The van der Waals surface area contributed by atoms with Gasteiger partial charge < -0.3 is 4.74 Å². The fraction of sp³-hybridized carbons (Fsp3) is 0.455. The van der Waals surface area contributed by atoms with Gasteiger partial charge in [-0.2, -0.15) is 0 Å². The molecule has 1 aromatic carbocycles. The minimum absolute atomic E-state index is 0.546. The first-order valence-electron chi connectivity index (χ1n) is 4.61. The van der Waals surface area contributed by atoms with E-state index in [4.69, 9.17) is 4.74 Å². The van der Waals surface area contributed by atoms with Crippen molar-refractivity contribution in [2.24, 2.45) is 0 Å². The molecule has 1 heteroatoms. The van der Waals surface area contributed by atoms with E-state index in [0.29, 0.717) is 6.10 Å². The zero-order valence-electron chi connectivity index (χ0n) is 7.20. The van der Waals surface area contributed by atoms with Gasteiger partial charge in [-0.05, 0) is 24.8 Å². The van der Waals surface area contributed by atoms with E-state index in [2.05, 4.69) is 30.3 Å². The smallest absolute Gasteiger partial charge is 0.0600 e. The Bertz CT molecular complexity index is 226. The molecule has 0 saturated carbocycles. The van der Waals surface area contributed by atoms with Crippen LogP contribution >= 0.6 is 0 Å². The lowest BCUT2D eigenvalue weighted by molar-refractivity contribution is -0.0541. The maximum Gasteiger partial charge on any atom is 0.0600 e. The quantitative estimate of drug-likeness (QED) is 0.663. The Hall–Kier alpha value is -0.820. The van der Waals surface area contributed by atoms with Crippen molar-refractivity contribution in [1.82, 2.24) is 0 Å². The minimum Gasteiger partial charge on any atom is -0.378 e. The number of rotatable bonds is 3. The van der Waals surface area contributed by atoms with Crippen LogP contribution in [0.5, 0.6) is 0 Å². The third-order valence-electron chi connectivity index (χ3n) is 2.39. The molecule has 12 heavy (non-hydrogen) atoms. The second-order valence-corrected chi connectivity index (χ2v) is 3.31. The van der Waals surface area contributed by atoms with Crippen LogP contribution in [0.1, 0.15) is 18.4 Å². The van der Waals surface area contributed by atoms with Gasteiger partial charge in [-0.15, -0.1) is 0 Å². The lowest BCUT2D eigenvalue weighted by atomic mass is 10.0. The highest BCUT2D eigenvalue weighted by Crippen LogP contribution is 2.17. The van der Waals surface area contributed by atoms with Gasteiger partial charge in [0.15, 0.2) is 0 Å². The molecule has 1 atom stereocenters. The van der Waals surface area contributed by atoms with Crippen molar-refractivity contribution in [3.05, 3.63) is 35.9 Å². The van der Waals surface area contributed by atoms with E-state index in [0.717, 1.165) is 13.0 Å². The van der Waals surface area contributed by atoms with E-state index >= 15 is 0 Å². The van der Waals surface area contributed by atoms with Crippen LogP contribution in [0.25, 0.3) is 0 Å². The van der Waals surface area contributed by atoms with Crippen molar-refractivity contribution < 1.29 is 4.74 Å². The van der Waals surface area contributed by atoms with Crippen LogP contribution in [-0.4, -0.2) is 12.7 Å². The molecule has 0 aromatic heterocycles. The standard InChI is InChI=1S/C11H14O/c1-2-4-10(5-3-1)6-7-11-8-9-12-11/h1-5,11H,6-9H2. The molecule has 1 unspecified atom stereocenters. The third kappa shape index (κ3) is 1.86. The van der Waals surface area contributed by atoms with Crippen molar-refractivity contribution >= 4 is 0 Å². The molecule has 0 bridgehead atoms. The van der Waals surface area contributed by atoms with Crippen LogP contribution < -0.4 is 0 Å². The second-order valence-electron chi connectivity index (χ2n) is 3.31. The van der Waals surface area contributed by atoms with Crippen LogP contribution in [-0.2, 0) is 11.2 Å². The first kappa shape index (κ1) is 7.81. The Labute approximate surface area is 73.4 Å². The Morgan fingerprint density at radius 3 is 2.58 bits per heavy atom. The van der Waals surface area contributed by atoms with Gasteiger partial charge in [-0.3, -0.25) is 0 Å². The molecule has 1 aromatic rings. The molecule has 1 fully saturated rings. The zero-order valence-corrected chi connectivity index (χ0v) is 7.20. The molecule has 1 nitrogen and oxygen atoms in total. The average molecular weight is 162 g/mol. The van der Waals surface area contributed by atoms with Crippen LogP contribution in [0.15, 0.2) is 30.3 Å². The summed E-state index contributed by atoms with van der Waals surface area (Å²) in [6.45, 7) is 0.972. The molecule has 0 N–H and O–H groups in total. The molecule has 1 aliphatic heterocycles. The first-order chi connectivity index (χ1) is 5.95. The third-order valence-corrected chi connectivity index (χ3v) is 2.39. The SMILES string of the molecule is c1ccc(CCC2CCO2)cc1. The highest BCUT2D eigenvalue weighted by Gasteiger charge is 2.16. The van der Waals surface area contributed by atoms with Crippen LogP contribution in [0.4, 0.5) is 0 Å². The zero-order chi connectivity index (χ0) is 8.23. The van der Waals surface area contributed by atoms with E-state index in [1.54, 1.807) is 0 Å². The van der Waals surface area contributed by atoms with E-state index in [1.165, 1.54) is 18.4 Å². The number of aryl methyl sites for hydroxylation is 1. The number of benzene rings is 1. The molecule has 2 rings (SSSR count). The van der Waals surface area contributed by atoms with E-state index in [9.17, 15) is 0 Å². The maximum absolute atomic E-state index is 5.35. The van der Waals surface area contributed by atoms with E-state index < -0.39 is 0 Å². The van der Waals surface area contributed by atoms with Crippen molar-refractivity contribution in [2.75, 3.05) is 6.61 Å². The van der Waals surface area contributed by atoms with Crippen molar-refractivity contribution in [3.63, 3.8) is 0 Å². The summed E-state index contributed by atoms with van der Waals surface area (Å²) in [5, 5.41) is 0. The van der Waals surface area contributed by atoms with Gasteiger partial charge in [0.1, 0.15) is 0 Å². The lowest BCUT2D eigenvalue weighted by Crippen LogP contribution is -2.26. The summed E-state index contributed by atoms with van der Waals surface area (Å²) in [5.41, 5.74) is 1.42. The average Bonchev–Trinajstić information content (AvgIpc) is 2.04. The lowest BCUT2D eigenvalue weighted by Gasteiger charge is -2.26. The molecule has 0 spiro atoms. The summed E-state index contributed by atoms with van der Waals surface area (Å²) >= 11 is 0. The fourth-order valence-electron chi connectivity index (χ4n) is 1.48. The molecule has 1 saturated heterocycles. The largest absolute Gasteiger partial charge is 0.378 e. The van der Waals surface area contributed by atoms with Gasteiger partial charge in [-0.1, -0.05) is 30.3 Å². The molecular weight excluding hydrogens is 148 g/mol. The summed E-state index contributed by atoms with van der Waals surface area (Å²) < 4.78 is 5.35. The normalized spacial score (nSPS) is 21.8. The van der Waals surface area contributed by atoms with Gasteiger partial charge in [0.2, 0.25) is 0 Å². The Morgan fingerprint density at radius 1 is 1.25 bits per heavy atom. The van der Waals surface area contributed by atoms with Crippen LogP contribution in [0.2, 0.25) is 0 Å². The predicted octanol–water partition coefficient (Wildman–Crippen LogP) is 2.41. The molecular formula is C11H14O. The topological polar surface area (TPSA) is 9.23 Å². The Morgan fingerprint density at radius 2 is 2.00 bits per heavy atom. The highest BCUT2D eigenvalue weighted by molar-refractivity contribution is 5.14. The predicted molar refractivity (Wildman–Crippen MR) is 49.1 cm³/mol. The molecule has 0 aliphatic carbocycles. The molecule has 1 heterocycles. The number of ether oxygens (including phenoxy) is 1. The van der Waals surface area contributed by atoms with Crippen molar-refractivity contribution in [3.8, 4) is 0 Å². The van der Waals surface area contributed by atoms with Crippen molar-refractivity contribution in [2.45, 2.75) is 25.4 Å². The number of hydrogen-bond acceptors (Lipinski definition) is 1. The summed E-state index contributed by atoms with van der Waals surface area (Å²) in [6.07, 6.45) is 4.15. The summed E-state index contributed by atoms with van der Waals surface area (Å²) in [5.74, 6) is 0. The van der Waals surface area contributed by atoms with Crippen LogP contribution in [0.3, 0.4) is 0 Å². The van der Waals surface area contributed by atoms with Crippen LogP contribution in [0, 0.1) is 0 Å². The molecule has 64 valence electrons. The molecule has 1 aliphatic rings. The van der Waals surface area contributed by atoms with Crippen molar-refractivity contribution in [1.29, 1.82) is 0 Å². The second kappa shape index (κ2) is 3.72. The Balaban J connectivity index is 1.79. The number of hydrogen-bond donors (Lipinski definition) is 0. The van der Waals surface area contributed by atoms with Gasteiger partial charge in [0.05, 0.1) is 6.10 Å². The van der Waals surface area contributed by atoms with Gasteiger partial charge in [0.25, 0.3) is 0 Å². The van der Waals surface area contributed by atoms with Gasteiger partial charge >= 0.3 is 0 Å². The summed E-state index contributed by atoms with van der Waals surface area (Å²) in [7, 11) is 0. The fourth-order valence-corrected chi connectivity index (χ4v) is 1.48. The monoisotopic (exact) mass is 162 g/mol. The molecule has 0 amide bonds. The Kier molecular flexibility index (Phi) is 2.42. The first-order valence-corrected chi connectivity index (χ1v) is 4.61. The minimum atomic E-state index is 0.546. The summed E-state index contributed by atoms with van der Waals surface area (Å²) in [4.78, 5) is 0.